The SMILES string of the molecule is CN[C@H](C(=O)NC(C(=O)N(C)[C@H](/C=C(\C)C(=O)NCCCCCN)C(C)C)C(C)(C)C)C(C)(C)c1cn(C)c2ccccc12. The summed E-state index contributed by atoms with van der Waals surface area (Å²) in [5, 5.41) is 10.4. The van der Waals surface area contributed by atoms with Gasteiger partial charge in [-0.25, -0.2) is 0 Å². The molecule has 5 N–H and O–H groups in total. The van der Waals surface area contributed by atoms with Crippen LogP contribution >= 0.6 is 0 Å². The molecule has 9 heteroatoms. The van der Waals surface area contributed by atoms with Gasteiger partial charge in [-0.05, 0) is 56.3 Å². The van der Waals surface area contributed by atoms with E-state index in [4.69, 9.17) is 5.73 Å². The zero-order valence-electron chi connectivity index (χ0n) is 29.0. The van der Waals surface area contributed by atoms with Crippen molar-refractivity contribution in [1.82, 2.24) is 25.4 Å². The topological polar surface area (TPSA) is 121 Å². The van der Waals surface area contributed by atoms with Crippen molar-refractivity contribution in [2.75, 3.05) is 27.2 Å². The van der Waals surface area contributed by atoms with E-state index in [-0.39, 0.29) is 29.7 Å². The summed E-state index contributed by atoms with van der Waals surface area (Å²) in [6.45, 7) is 17.0. The number of fused-ring (bicyclic) bond motifs is 1. The van der Waals surface area contributed by atoms with E-state index in [0.717, 1.165) is 35.7 Å². The van der Waals surface area contributed by atoms with Crippen LogP contribution in [0.3, 0.4) is 0 Å². The zero-order valence-corrected chi connectivity index (χ0v) is 29.0. The molecule has 1 heterocycles. The summed E-state index contributed by atoms with van der Waals surface area (Å²) in [4.78, 5) is 42.7. The summed E-state index contributed by atoms with van der Waals surface area (Å²) in [7, 11) is 5.54. The molecule has 0 radical (unpaired) electrons. The Bertz CT molecular complexity index is 1300. The molecule has 1 aromatic heterocycles. The fourth-order valence-electron chi connectivity index (χ4n) is 5.93. The highest BCUT2D eigenvalue weighted by atomic mass is 16.2. The van der Waals surface area contributed by atoms with Gasteiger partial charge in [0.1, 0.15) is 6.04 Å². The van der Waals surface area contributed by atoms with Crippen LogP contribution in [0.2, 0.25) is 0 Å². The summed E-state index contributed by atoms with van der Waals surface area (Å²) >= 11 is 0. The van der Waals surface area contributed by atoms with Crippen LogP contribution in [0.4, 0.5) is 0 Å². The Hall–Kier alpha value is -3.17. The first-order chi connectivity index (χ1) is 20.5. The molecule has 2 aromatic rings. The second-order valence-electron chi connectivity index (χ2n) is 14.1. The lowest BCUT2D eigenvalue weighted by Crippen LogP contribution is -2.61. The van der Waals surface area contributed by atoms with Gasteiger partial charge in [-0.2, -0.15) is 0 Å². The van der Waals surface area contributed by atoms with Gasteiger partial charge in [-0.15, -0.1) is 0 Å². The number of nitrogens with two attached hydrogens (primary N) is 1. The van der Waals surface area contributed by atoms with Gasteiger partial charge in [-0.3, -0.25) is 14.4 Å². The minimum absolute atomic E-state index is 0.0444. The van der Waals surface area contributed by atoms with E-state index in [0.29, 0.717) is 18.7 Å². The Morgan fingerprint density at radius 1 is 1.02 bits per heavy atom. The first kappa shape index (κ1) is 37.0. The Morgan fingerprint density at radius 2 is 1.66 bits per heavy atom. The number of hydrogen-bond donors (Lipinski definition) is 4. The quantitative estimate of drug-likeness (QED) is 0.178. The van der Waals surface area contributed by atoms with E-state index in [1.807, 2.05) is 59.9 Å². The molecular weight excluding hydrogens is 552 g/mol. The average molecular weight is 611 g/mol. The average Bonchev–Trinajstić information content (AvgIpc) is 3.30. The molecule has 0 aliphatic heterocycles. The maximum absolute atomic E-state index is 14.2. The number of hydrogen-bond acceptors (Lipinski definition) is 5. The molecule has 0 spiro atoms. The lowest BCUT2D eigenvalue weighted by Gasteiger charge is -2.39. The van der Waals surface area contributed by atoms with E-state index in [1.165, 1.54) is 0 Å². The Balaban J connectivity index is 2.31. The number of nitrogens with zero attached hydrogens (tertiary/aromatic N) is 2. The number of likely N-dealkylation sites (N-methyl/N-ethyl adjacent to an activating group) is 2. The largest absolute Gasteiger partial charge is 0.352 e. The van der Waals surface area contributed by atoms with E-state index in [1.54, 1.807) is 25.9 Å². The van der Waals surface area contributed by atoms with Gasteiger partial charge in [0.05, 0.1) is 12.1 Å². The van der Waals surface area contributed by atoms with Crippen LogP contribution in [0.15, 0.2) is 42.1 Å². The molecule has 1 unspecified atom stereocenters. The second-order valence-corrected chi connectivity index (χ2v) is 14.1. The fraction of sp³-hybridized carbons (Fsp3) is 0.629. The monoisotopic (exact) mass is 610 g/mol. The fourth-order valence-corrected chi connectivity index (χ4v) is 5.93. The van der Waals surface area contributed by atoms with E-state index in [9.17, 15) is 14.4 Å². The van der Waals surface area contributed by atoms with Crippen molar-refractivity contribution in [3.8, 4) is 0 Å². The summed E-state index contributed by atoms with van der Waals surface area (Å²) in [6.07, 6.45) is 6.73. The van der Waals surface area contributed by atoms with Gasteiger partial charge >= 0.3 is 0 Å². The molecule has 0 aliphatic rings. The predicted molar refractivity (Wildman–Crippen MR) is 181 cm³/mol. The van der Waals surface area contributed by atoms with Crippen molar-refractivity contribution < 1.29 is 14.4 Å². The summed E-state index contributed by atoms with van der Waals surface area (Å²) in [5.41, 5.74) is 7.11. The summed E-state index contributed by atoms with van der Waals surface area (Å²) < 4.78 is 2.08. The normalized spacial score (nSPS) is 14.8. The van der Waals surface area contributed by atoms with Gasteiger partial charge in [0.15, 0.2) is 0 Å². The third-order valence-electron chi connectivity index (χ3n) is 8.69. The van der Waals surface area contributed by atoms with E-state index >= 15 is 0 Å². The van der Waals surface area contributed by atoms with Crippen LogP contribution < -0.4 is 21.7 Å². The van der Waals surface area contributed by atoms with Crippen molar-refractivity contribution in [3.63, 3.8) is 0 Å². The Labute approximate surface area is 265 Å². The molecule has 1 aromatic carbocycles. The second kappa shape index (κ2) is 15.7. The van der Waals surface area contributed by atoms with Crippen LogP contribution in [0.1, 0.15) is 80.2 Å². The first-order valence-electron chi connectivity index (χ1n) is 15.9. The van der Waals surface area contributed by atoms with Crippen molar-refractivity contribution in [3.05, 3.63) is 47.7 Å². The van der Waals surface area contributed by atoms with Gasteiger partial charge in [0.25, 0.3) is 0 Å². The number of nitrogens with one attached hydrogen (secondary N) is 3. The highest BCUT2D eigenvalue weighted by molar-refractivity contribution is 5.94. The van der Waals surface area contributed by atoms with Crippen molar-refractivity contribution in [2.45, 2.75) is 98.2 Å². The van der Waals surface area contributed by atoms with Crippen LogP contribution in [0.5, 0.6) is 0 Å². The number of unbranched alkanes of at least 4 members (excludes halogenated alkanes) is 2. The molecule has 0 aliphatic carbocycles. The number of amides is 3. The molecule has 0 fully saturated rings. The molecule has 246 valence electrons. The maximum Gasteiger partial charge on any atom is 0.246 e. The van der Waals surface area contributed by atoms with Crippen LogP contribution in [-0.4, -0.2) is 72.5 Å². The molecule has 0 bridgehead atoms. The Morgan fingerprint density at radius 3 is 2.23 bits per heavy atom. The molecule has 3 atom stereocenters. The maximum atomic E-state index is 14.2. The standard InChI is InChI=1S/C35H58N6O3/c1-23(2)28(21-24(3)31(42)38-20-16-12-15-19-36)41(11)33(44)30(34(4,5)6)39-32(43)29(37-9)35(7,8)26-22-40(10)27-18-14-13-17-25(26)27/h13-14,17-18,21-23,28-30,37H,12,15-16,19-20,36H2,1-11H3,(H,38,42)(H,39,43)/b24-21+/t28-,29-,30?/m1/s1. The van der Waals surface area contributed by atoms with Gasteiger partial charge in [-0.1, -0.05) is 79.2 Å². The van der Waals surface area contributed by atoms with Crippen molar-refractivity contribution >= 4 is 28.6 Å². The molecule has 3 amide bonds. The minimum Gasteiger partial charge on any atom is -0.352 e. The molecule has 2 rings (SSSR count). The molecule has 9 nitrogen and oxygen atoms in total. The van der Waals surface area contributed by atoms with Crippen LogP contribution in [0.25, 0.3) is 10.9 Å². The number of carbonyl (C=O) groups excluding carboxylic acids is 3. The van der Waals surface area contributed by atoms with Crippen molar-refractivity contribution in [1.29, 1.82) is 0 Å². The number of para-hydroxylation sites is 1. The van der Waals surface area contributed by atoms with E-state index < -0.39 is 22.9 Å². The van der Waals surface area contributed by atoms with E-state index in [2.05, 4.69) is 52.7 Å². The number of aryl methyl sites for hydroxylation is 1. The van der Waals surface area contributed by atoms with Gasteiger partial charge in [0.2, 0.25) is 17.7 Å². The summed E-state index contributed by atoms with van der Waals surface area (Å²) in [5.74, 6) is -0.539. The molecule has 0 saturated heterocycles. The number of carbonyl (C=O) groups is 3. The summed E-state index contributed by atoms with van der Waals surface area (Å²) in [6, 6.07) is 6.45. The lowest BCUT2D eigenvalue weighted by molar-refractivity contribution is -0.140. The van der Waals surface area contributed by atoms with Gasteiger partial charge < -0.3 is 31.2 Å². The van der Waals surface area contributed by atoms with Crippen LogP contribution in [0, 0.1) is 11.3 Å². The minimum atomic E-state index is -0.787. The molecular formula is C35H58N6O3. The zero-order chi connectivity index (χ0) is 33.4. The number of rotatable bonds is 15. The van der Waals surface area contributed by atoms with Crippen LogP contribution in [-0.2, 0) is 26.8 Å². The Kier molecular flexibility index (Phi) is 13.2. The number of aromatic nitrogens is 1. The smallest absolute Gasteiger partial charge is 0.246 e. The predicted octanol–water partition coefficient (Wildman–Crippen LogP) is 4.25. The number of benzene rings is 1. The first-order valence-corrected chi connectivity index (χ1v) is 15.9. The van der Waals surface area contributed by atoms with Gasteiger partial charge in [0, 0.05) is 48.7 Å². The lowest BCUT2D eigenvalue weighted by atomic mass is 9.76. The molecule has 44 heavy (non-hydrogen) atoms. The highest BCUT2D eigenvalue weighted by Gasteiger charge is 2.42. The third kappa shape index (κ3) is 8.94. The third-order valence-corrected chi connectivity index (χ3v) is 8.69. The molecule has 0 saturated carbocycles. The highest BCUT2D eigenvalue weighted by Crippen LogP contribution is 2.35. The van der Waals surface area contributed by atoms with Crippen molar-refractivity contribution in [2.24, 2.45) is 24.1 Å².